The maximum atomic E-state index is 13.5. The first kappa shape index (κ1) is 15.5. The first-order chi connectivity index (χ1) is 10.5. The second-order valence-corrected chi connectivity index (χ2v) is 4.50. The van der Waals surface area contributed by atoms with Crippen LogP contribution in [0.1, 0.15) is 22.8 Å². The molecule has 2 rings (SSSR count). The number of phenols is 1. The maximum Gasteiger partial charge on any atom is 0.274 e. The third kappa shape index (κ3) is 3.41. The summed E-state index contributed by atoms with van der Waals surface area (Å²) in [5.74, 6) is -0.940. The molecule has 0 aliphatic heterocycles. The average Bonchev–Trinajstić information content (AvgIpc) is 2.53. The van der Waals surface area contributed by atoms with Gasteiger partial charge in [0.25, 0.3) is 5.91 Å². The summed E-state index contributed by atoms with van der Waals surface area (Å²) in [7, 11) is 1.44. The van der Waals surface area contributed by atoms with Crippen LogP contribution in [0.2, 0.25) is 0 Å². The number of hydrogen-bond acceptors (Lipinski definition) is 4. The second kappa shape index (κ2) is 6.71. The van der Waals surface area contributed by atoms with Crippen molar-refractivity contribution in [2.45, 2.75) is 6.92 Å². The van der Waals surface area contributed by atoms with E-state index in [1.54, 1.807) is 25.1 Å². The van der Waals surface area contributed by atoms with Gasteiger partial charge in [0, 0.05) is 5.56 Å². The van der Waals surface area contributed by atoms with Gasteiger partial charge in [0.05, 0.1) is 18.4 Å². The summed E-state index contributed by atoms with van der Waals surface area (Å²) in [6.45, 7) is 1.67. The van der Waals surface area contributed by atoms with Crippen LogP contribution in [-0.4, -0.2) is 23.8 Å². The molecule has 0 aliphatic rings. The SMILES string of the molecule is COc1cc(/C(C)=N/NC(=O)c2ccccc2F)ccc1O. The topological polar surface area (TPSA) is 70.9 Å². The molecule has 0 fully saturated rings. The molecule has 5 nitrogen and oxygen atoms in total. The summed E-state index contributed by atoms with van der Waals surface area (Å²) < 4.78 is 18.5. The van der Waals surface area contributed by atoms with E-state index in [1.165, 1.54) is 31.4 Å². The molecule has 0 saturated carbocycles. The molecule has 0 saturated heterocycles. The van der Waals surface area contributed by atoms with Gasteiger partial charge in [0.2, 0.25) is 0 Å². The maximum absolute atomic E-state index is 13.5. The number of nitrogens with one attached hydrogen (secondary N) is 1. The fourth-order valence-electron chi connectivity index (χ4n) is 1.81. The Bertz CT molecular complexity index is 729. The van der Waals surface area contributed by atoms with Gasteiger partial charge in [0.1, 0.15) is 5.82 Å². The zero-order valence-electron chi connectivity index (χ0n) is 12.1. The van der Waals surface area contributed by atoms with Crippen molar-refractivity contribution in [2.75, 3.05) is 7.11 Å². The van der Waals surface area contributed by atoms with E-state index in [-0.39, 0.29) is 11.3 Å². The van der Waals surface area contributed by atoms with E-state index in [9.17, 15) is 14.3 Å². The minimum absolute atomic E-state index is 0.00874. The van der Waals surface area contributed by atoms with Gasteiger partial charge >= 0.3 is 0 Å². The molecule has 0 unspecified atom stereocenters. The van der Waals surface area contributed by atoms with Crippen molar-refractivity contribution in [3.8, 4) is 11.5 Å². The molecule has 2 aromatic carbocycles. The number of amides is 1. The molecule has 0 bridgehead atoms. The van der Waals surface area contributed by atoms with Crippen molar-refractivity contribution >= 4 is 11.6 Å². The lowest BCUT2D eigenvalue weighted by Crippen LogP contribution is -2.20. The van der Waals surface area contributed by atoms with Crippen LogP contribution in [0.25, 0.3) is 0 Å². The van der Waals surface area contributed by atoms with Crippen molar-refractivity contribution in [1.29, 1.82) is 0 Å². The van der Waals surface area contributed by atoms with Crippen molar-refractivity contribution in [3.63, 3.8) is 0 Å². The molecule has 114 valence electrons. The Labute approximate surface area is 127 Å². The smallest absolute Gasteiger partial charge is 0.274 e. The van der Waals surface area contributed by atoms with Crippen molar-refractivity contribution in [2.24, 2.45) is 5.10 Å². The number of hydrazone groups is 1. The Balaban J connectivity index is 2.16. The second-order valence-electron chi connectivity index (χ2n) is 4.50. The highest BCUT2D eigenvalue weighted by Crippen LogP contribution is 2.26. The van der Waals surface area contributed by atoms with Gasteiger partial charge in [-0.2, -0.15) is 5.10 Å². The number of carbonyl (C=O) groups excluding carboxylic acids is 1. The van der Waals surface area contributed by atoms with E-state index in [0.717, 1.165) is 0 Å². The predicted molar refractivity (Wildman–Crippen MR) is 80.7 cm³/mol. The van der Waals surface area contributed by atoms with E-state index in [4.69, 9.17) is 4.74 Å². The van der Waals surface area contributed by atoms with Gasteiger partial charge in [-0.3, -0.25) is 4.79 Å². The molecular weight excluding hydrogens is 287 g/mol. The Morgan fingerprint density at radius 1 is 1.27 bits per heavy atom. The third-order valence-electron chi connectivity index (χ3n) is 3.04. The third-order valence-corrected chi connectivity index (χ3v) is 3.04. The number of halogens is 1. The molecule has 0 radical (unpaired) electrons. The number of ether oxygens (including phenoxy) is 1. The van der Waals surface area contributed by atoms with Gasteiger partial charge in [-0.25, -0.2) is 9.82 Å². The van der Waals surface area contributed by atoms with Gasteiger partial charge in [0.15, 0.2) is 11.5 Å². The van der Waals surface area contributed by atoms with Crippen LogP contribution < -0.4 is 10.2 Å². The van der Waals surface area contributed by atoms with Crippen LogP contribution in [0, 0.1) is 5.82 Å². The fraction of sp³-hybridized carbons (Fsp3) is 0.125. The first-order valence-corrected chi connectivity index (χ1v) is 6.49. The minimum Gasteiger partial charge on any atom is -0.504 e. The van der Waals surface area contributed by atoms with Crippen LogP contribution in [-0.2, 0) is 0 Å². The largest absolute Gasteiger partial charge is 0.504 e. The van der Waals surface area contributed by atoms with E-state index in [0.29, 0.717) is 17.0 Å². The Morgan fingerprint density at radius 3 is 2.68 bits per heavy atom. The zero-order valence-corrected chi connectivity index (χ0v) is 12.1. The summed E-state index contributed by atoms with van der Waals surface area (Å²) in [5.41, 5.74) is 3.36. The molecule has 6 heteroatoms. The molecular formula is C16H15FN2O3. The molecule has 1 amide bonds. The number of rotatable bonds is 4. The van der Waals surface area contributed by atoms with Crippen molar-refractivity contribution in [3.05, 3.63) is 59.4 Å². The van der Waals surface area contributed by atoms with Crippen molar-refractivity contribution < 1.29 is 19.0 Å². The minimum atomic E-state index is -0.636. The molecule has 2 aromatic rings. The van der Waals surface area contributed by atoms with E-state index < -0.39 is 11.7 Å². The molecule has 0 atom stereocenters. The van der Waals surface area contributed by atoms with Crippen LogP contribution in [0.3, 0.4) is 0 Å². The normalized spacial score (nSPS) is 11.1. The fourth-order valence-corrected chi connectivity index (χ4v) is 1.81. The highest BCUT2D eigenvalue weighted by Gasteiger charge is 2.10. The average molecular weight is 302 g/mol. The number of aromatic hydroxyl groups is 1. The van der Waals surface area contributed by atoms with Crippen LogP contribution >= 0.6 is 0 Å². The molecule has 0 heterocycles. The van der Waals surface area contributed by atoms with Crippen molar-refractivity contribution in [1.82, 2.24) is 5.43 Å². The molecule has 0 aliphatic carbocycles. The number of carbonyl (C=O) groups is 1. The summed E-state index contributed by atoms with van der Waals surface area (Å²) in [4.78, 5) is 11.9. The van der Waals surface area contributed by atoms with Crippen LogP contribution in [0.5, 0.6) is 11.5 Å². The molecule has 0 spiro atoms. The number of nitrogens with zero attached hydrogens (tertiary/aromatic N) is 1. The molecule has 0 aromatic heterocycles. The lowest BCUT2D eigenvalue weighted by Gasteiger charge is -2.07. The summed E-state index contributed by atoms with van der Waals surface area (Å²) >= 11 is 0. The van der Waals surface area contributed by atoms with Gasteiger partial charge < -0.3 is 9.84 Å². The Kier molecular flexibility index (Phi) is 4.73. The summed E-state index contributed by atoms with van der Waals surface area (Å²) in [5, 5.41) is 13.5. The Morgan fingerprint density at radius 2 is 2.00 bits per heavy atom. The number of methoxy groups -OCH3 is 1. The molecule has 2 N–H and O–H groups in total. The number of benzene rings is 2. The summed E-state index contributed by atoms with van der Waals surface area (Å²) in [6.07, 6.45) is 0. The lowest BCUT2D eigenvalue weighted by atomic mass is 10.1. The predicted octanol–water partition coefficient (Wildman–Crippen LogP) is 2.69. The van der Waals surface area contributed by atoms with Gasteiger partial charge in [-0.05, 0) is 37.3 Å². The molecule has 22 heavy (non-hydrogen) atoms. The van der Waals surface area contributed by atoms with Gasteiger partial charge in [-0.1, -0.05) is 12.1 Å². The van der Waals surface area contributed by atoms with Crippen LogP contribution in [0.15, 0.2) is 47.6 Å². The van der Waals surface area contributed by atoms with E-state index in [1.807, 2.05) is 0 Å². The summed E-state index contributed by atoms with van der Waals surface area (Å²) in [6, 6.07) is 10.3. The zero-order chi connectivity index (χ0) is 16.1. The number of hydrogen-bond donors (Lipinski definition) is 2. The van der Waals surface area contributed by atoms with E-state index in [2.05, 4.69) is 10.5 Å². The monoisotopic (exact) mass is 302 g/mol. The number of phenolic OH excluding ortho intramolecular Hbond substituents is 1. The standard InChI is InChI=1S/C16H15FN2O3/c1-10(11-7-8-14(20)15(9-11)22-2)18-19-16(21)12-5-3-4-6-13(12)17/h3-9,20H,1-2H3,(H,19,21)/b18-10+. The van der Waals surface area contributed by atoms with Gasteiger partial charge in [-0.15, -0.1) is 0 Å². The van der Waals surface area contributed by atoms with E-state index >= 15 is 0 Å². The Hall–Kier alpha value is -2.89. The highest BCUT2D eigenvalue weighted by molar-refractivity contribution is 6.01. The highest BCUT2D eigenvalue weighted by atomic mass is 19.1. The van der Waals surface area contributed by atoms with Crippen LogP contribution in [0.4, 0.5) is 4.39 Å². The quantitative estimate of drug-likeness (QED) is 0.674. The first-order valence-electron chi connectivity index (χ1n) is 6.49. The lowest BCUT2D eigenvalue weighted by molar-refractivity contribution is 0.0951.